The average molecular weight is 519 g/mol. The van der Waals surface area contributed by atoms with E-state index >= 15 is 0 Å². The number of hydrogen-bond donors (Lipinski definition) is 2. The fourth-order valence-electron chi connectivity index (χ4n) is 4.43. The molecule has 4 aromatic rings. The Bertz CT molecular complexity index is 1480. The van der Waals surface area contributed by atoms with Crippen molar-refractivity contribution in [2.45, 2.75) is 22.4 Å². The van der Waals surface area contributed by atoms with Gasteiger partial charge in [-0.1, -0.05) is 35.5 Å². The number of anilines is 2. The number of H-pyrrole nitrogens is 1. The van der Waals surface area contributed by atoms with Crippen LogP contribution in [0.4, 0.5) is 11.4 Å². The molecule has 2 aromatic heterocycles. The Labute approximate surface area is 217 Å². The summed E-state index contributed by atoms with van der Waals surface area (Å²) in [5, 5.41) is 4.11. The normalized spacial score (nSPS) is 16.6. The molecule has 0 spiro atoms. The van der Waals surface area contributed by atoms with Crippen LogP contribution in [0.5, 0.6) is 11.5 Å². The van der Waals surface area contributed by atoms with Crippen molar-refractivity contribution in [1.82, 2.24) is 9.97 Å². The maximum Gasteiger partial charge on any atom is 0.249 e. The predicted octanol–water partition coefficient (Wildman–Crippen LogP) is 5.87. The predicted molar refractivity (Wildman–Crippen MR) is 142 cm³/mol. The fourth-order valence-corrected chi connectivity index (χ4v) is 5.63. The number of benzene rings is 2. The van der Waals surface area contributed by atoms with Crippen LogP contribution in [0, 0.1) is 0 Å². The largest absolute Gasteiger partial charge is 0.455 e. The zero-order valence-electron chi connectivity index (χ0n) is 19.2. The van der Waals surface area contributed by atoms with Crippen LogP contribution in [0.3, 0.4) is 0 Å². The van der Waals surface area contributed by atoms with E-state index in [1.165, 1.54) is 0 Å². The third-order valence-electron chi connectivity index (χ3n) is 6.25. The lowest BCUT2D eigenvalue weighted by molar-refractivity contribution is 0.0383. The van der Waals surface area contributed by atoms with Gasteiger partial charge < -0.3 is 24.7 Å². The highest BCUT2D eigenvalue weighted by molar-refractivity contribution is 7.99. The van der Waals surface area contributed by atoms with Gasteiger partial charge in [0, 0.05) is 71.8 Å². The number of aromatic amines is 1. The SMILES string of the molecule is O=c1cc(N2CCOC(c3cccc4c3Oc3ccc(NCc5cnccc5Cl)cc3S4)C2)cc[nH]1. The molecule has 36 heavy (non-hydrogen) atoms. The van der Waals surface area contributed by atoms with Gasteiger partial charge in [0.05, 0.1) is 16.4 Å². The van der Waals surface area contributed by atoms with Gasteiger partial charge in [0.1, 0.15) is 17.6 Å². The Hall–Kier alpha value is -3.46. The molecule has 1 unspecified atom stereocenters. The summed E-state index contributed by atoms with van der Waals surface area (Å²) < 4.78 is 12.6. The summed E-state index contributed by atoms with van der Waals surface area (Å²) in [4.78, 5) is 22.9. The topological polar surface area (TPSA) is 79.5 Å². The van der Waals surface area contributed by atoms with Crippen LogP contribution in [0.2, 0.25) is 5.02 Å². The Morgan fingerprint density at radius 1 is 1.17 bits per heavy atom. The van der Waals surface area contributed by atoms with Crippen LogP contribution in [-0.2, 0) is 11.3 Å². The highest BCUT2D eigenvalue weighted by atomic mass is 35.5. The molecule has 4 heterocycles. The van der Waals surface area contributed by atoms with Crippen molar-refractivity contribution in [1.29, 1.82) is 0 Å². The Morgan fingerprint density at radius 2 is 2.11 bits per heavy atom. The average Bonchev–Trinajstić information content (AvgIpc) is 2.91. The van der Waals surface area contributed by atoms with E-state index < -0.39 is 0 Å². The molecule has 2 aromatic carbocycles. The molecule has 1 saturated heterocycles. The highest BCUT2D eigenvalue weighted by Gasteiger charge is 2.29. The zero-order valence-corrected chi connectivity index (χ0v) is 20.8. The summed E-state index contributed by atoms with van der Waals surface area (Å²) in [5.41, 5.74) is 3.71. The number of halogens is 1. The third-order valence-corrected chi connectivity index (χ3v) is 7.70. The van der Waals surface area contributed by atoms with E-state index in [0.717, 1.165) is 50.3 Å². The summed E-state index contributed by atoms with van der Waals surface area (Å²) >= 11 is 7.94. The molecule has 9 heteroatoms. The third kappa shape index (κ3) is 4.67. The second-order valence-electron chi connectivity index (χ2n) is 8.58. The molecule has 2 aliphatic heterocycles. The molecular weight excluding hydrogens is 496 g/mol. The van der Waals surface area contributed by atoms with Gasteiger partial charge in [-0.25, -0.2) is 0 Å². The van der Waals surface area contributed by atoms with Crippen molar-refractivity contribution in [3.8, 4) is 11.5 Å². The van der Waals surface area contributed by atoms with Gasteiger partial charge in [-0.15, -0.1) is 0 Å². The number of ether oxygens (including phenoxy) is 2. The smallest absolute Gasteiger partial charge is 0.249 e. The van der Waals surface area contributed by atoms with Gasteiger partial charge in [-0.2, -0.15) is 0 Å². The number of pyridine rings is 2. The maximum atomic E-state index is 11.8. The van der Waals surface area contributed by atoms with Gasteiger partial charge in [0.15, 0.2) is 0 Å². The van der Waals surface area contributed by atoms with E-state index in [1.807, 2.05) is 24.3 Å². The molecule has 2 aliphatic rings. The van der Waals surface area contributed by atoms with Crippen LogP contribution >= 0.6 is 23.4 Å². The first kappa shape index (κ1) is 23.0. The number of morpholine rings is 1. The van der Waals surface area contributed by atoms with Crippen molar-refractivity contribution in [2.75, 3.05) is 29.9 Å². The van der Waals surface area contributed by atoms with Crippen molar-refractivity contribution in [3.05, 3.63) is 99.7 Å². The molecular formula is C27H23ClN4O3S. The minimum Gasteiger partial charge on any atom is -0.455 e. The summed E-state index contributed by atoms with van der Waals surface area (Å²) in [5.74, 6) is 1.64. The van der Waals surface area contributed by atoms with Crippen LogP contribution in [0.1, 0.15) is 17.2 Å². The molecule has 0 amide bonds. The van der Waals surface area contributed by atoms with Crippen molar-refractivity contribution < 1.29 is 9.47 Å². The lowest BCUT2D eigenvalue weighted by Gasteiger charge is -2.35. The van der Waals surface area contributed by atoms with E-state index in [0.29, 0.717) is 24.7 Å². The molecule has 0 radical (unpaired) electrons. The van der Waals surface area contributed by atoms with Crippen molar-refractivity contribution in [3.63, 3.8) is 0 Å². The highest BCUT2D eigenvalue weighted by Crippen LogP contribution is 2.50. The second kappa shape index (κ2) is 9.89. The molecule has 182 valence electrons. The van der Waals surface area contributed by atoms with Gasteiger partial charge in [-0.3, -0.25) is 9.78 Å². The molecule has 7 nitrogen and oxygen atoms in total. The molecule has 0 aliphatic carbocycles. The zero-order chi connectivity index (χ0) is 24.5. The number of nitrogens with zero attached hydrogens (tertiary/aromatic N) is 2. The Morgan fingerprint density at radius 3 is 3.00 bits per heavy atom. The van der Waals surface area contributed by atoms with E-state index in [9.17, 15) is 4.79 Å². The fraction of sp³-hybridized carbons (Fsp3) is 0.185. The molecule has 6 rings (SSSR count). The van der Waals surface area contributed by atoms with Crippen LogP contribution in [-0.4, -0.2) is 29.7 Å². The van der Waals surface area contributed by atoms with Gasteiger partial charge in [-0.05, 0) is 36.4 Å². The van der Waals surface area contributed by atoms with E-state index in [2.05, 4.69) is 38.4 Å². The first-order valence-corrected chi connectivity index (χ1v) is 12.8. The molecule has 2 N–H and O–H groups in total. The second-order valence-corrected chi connectivity index (χ2v) is 10.1. The molecule has 1 atom stereocenters. The van der Waals surface area contributed by atoms with Gasteiger partial charge in [0.2, 0.25) is 5.56 Å². The summed E-state index contributed by atoms with van der Waals surface area (Å²) in [6, 6.07) is 17.6. The first-order valence-electron chi connectivity index (χ1n) is 11.6. The number of hydrogen-bond acceptors (Lipinski definition) is 7. The standard InChI is InChI=1S/C27H23ClN4O3S/c28-21-7-8-29-14-17(21)15-31-18-4-5-22-25(12-18)36-24-3-1-2-20(27(24)35-22)23-16-32(10-11-34-23)19-6-9-30-26(33)13-19/h1-9,12-14,23,31H,10-11,15-16H2,(H,30,33). The summed E-state index contributed by atoms with van der Waals surface area (Å²) in [6.07, 6.45) is 4.97. The molecule has 0 saturated carbocycles. The summed E-state index contributed by atoms with van der Waals surface area (Å²) in [7, 11) is 0. The molecule has 0 bridgehead atoms. The van der Waals surface area contributed by atoms with Gasteiger partial charge >= 0.3 is 0 Å². The van der Waals surface area contributed by atoms with E-state index in [1.54, 1.807) is 42.5 Å². The number of nitrogens with one attached hydrogen (secondary N) is 2. The number of rotatable bonds is 5. The van der Waals surface area contributed by atoms with Crippen LogP contribution in [0.15, 0.2) is 87.8 Å². The van der Waals surface area contributed by atoms with Crippen molar-refractivity contribution >= 4 is 34.7 Å². The number of para-hydroxylation sites is 1. The summed E-state index contributed by atoms with van der Waals surface area (Å²) in [6.45, 7) is 2.52. The Balaban J connectivity index is 1.21. The van der Waals surface area contributed by atoms with Gasteiger partial charge in [0.25, 0.3) is 0 Å². The monoisotopic (exact) mass is 518 g/mol. The van der Waals surface area contributed by atoms with E-state index in [4.69, 9.17) is 21.1 Å². The number of fused-ring (bicyclic) bond motifs is 2. The number of aromatic nitrogens is 2. The maximum absolute atomic E-state index is 11.8. The lowest BCUT2D eigenvalue weighted by atomic mass is 10.1. The first-order chi connectivity index (χ1) is 17.6. The molecule has 1 fully saturated rings. The Kier molecular flexibility index (Phi) is 6.31. The van der Waals surface area contributed by atoms with Crippen LogP contribution in [0.25, 0.3) is 0 Å². The van der Waals surface area contributed by atoms with Crippen LogP contribution < -0.4 is 20.5 Å². The lowest BCUT2D eigenvalue weighted by Crippen LogP contribution is -2.39. The quantitative estimate of drug-likeness (QED) is 0.301. The minimum atomic E-state index is -0.166. The van der Waals surface area contributed by atoms with Crippen molar-refractivity contribution in [2.24, 2.45) is 0 Å². The van der Waals surface area contributed by atoms with E-state index in [-0.39, 0.29) is 11.7 Å². The minimum absolute atomic E-state index is 0.110.